The molecule has 2 N–H and O–H groups in total. The third-order valence-corrected chi connectivity index (χ3v) is 3.24. The van der Waals surface area contributed by atoms with Crippen LogP contribution in [0.5, 0.6) is 0 Å². The van der Waals surface area contributed by atoms with Gasteiger partial charge in [-0.2, -0.15) is 0 Å². The molecule has 2 rings (SSSR count). The van der Waals surface area contributed by atoms with E-state index in [0.29, 0.717) is 0 Å². The molecule has 1 atom stereocenters. The van der Waals surface area contributed by atoms with Crippen molar-refractivity contribution in [3.05, 3.63) is 45.6 Å². The molecular formula is C13H16BrNO. The van der Waals surface area contributed by atoms with Crippen molar-refractivity contribution in [2.24, 2.45) is 5.73 Å². The Morgan fingerprint density at radius 2 is 2.19 bits per heavy atom. The van der Waals surface area contributed by atoms with Crippen molar-refractivity contribution < 1.29 is 4.74 Å². The third-order valence-electron chi connectivity index (χ3n) is 2.79. The molecule has 0 radical (unpaired) electrons. The van der Waals surface area contributed by atoms with Crippen LogP contribution in [0.3, 0.4) is 0 Å². The lowest BCUT2D eigenvalue weighted by atomic mass is 9.95. The van der Waals surface area contributed by atoms with E-state index in [-0.39, 0.29) is 6.04 Å². The fourth-order valence-corrected chi connectivity index (χ4v) is 2.60. The van der Waals surface area contributed by atoms with Gasteiger partial charge >= 0.3 is 0 Å². The van der Waals surface area contributed by atoms with Gasteiger partial charge < -0.3 is 10.5 Å². The first-order valence-electron chi connectivity index (χ1n) is 5.50. The van der Waals surface area contributed by atoms with E-state index in [1.807, 2.05) is 6.26 Å². The van der Waals surface area contributed by atoms with E-state index in [9.17, 15) is 0 Å². The summed E-state index contributed by atoms with van der Waals surface area (Å²) in [5, 5.41) is 0. The average molecular weight is 282 g/mol. The molecule has 0 aliphatic carbocycles. The Hall–Kier alpha value is -0.800. The molecule has 0 saturated carbocycles. The number of ether oxygens (including phenoxy) is 1. The Morgan fingerprint density at radius 1 is 1.38 bits per heavy atom. The predicted molar refractivity (Wildman–Crippen MR) is 69.1 cm³/mol. The highest BCUT2D eigenvalue weighted by molar-refractivity contribution is 9.10. The molecule has 2 nitrogen and oxygen atoms in total. The van der Waals surface area contributed by atoms with Gasteiger partial charge in [0.2, 0.25) is 0 Å². The maximum atomic E-state index is 6.24. The SMILES string of the molecule is Cc1cc(Br)cc(C(N)C2=COCCC2)c1. The smallest absolute Gasteiger partial charge is 0.0876 e. The van der Waals surface area contributed by atoms with Crippen molar-refractivity contribution >= 4 is 15.9 Å². The number of aryl methyl sites for hydroxylation is 1. The number of hydrogen-bond donors (Lipinski definition) is 1. The van der Waals surface area contributed by atoms with Gasteiger partial charge in [-0.15, -0.1) is 0 Å². The maximum Gasteiger partial charge on any atom is 0.0876 e. The van der Waals surface area contributed by atoms with Crippen LogP contribution in [0.1, 0.15) is 30.0 Å². The molecule has 1 aliphatic rings. The lowest BCUT2D eigenvalue weighted by Gasteiger charge is -2.20. The highest BCUT2D eigenvalue weighted by Crippen LogP contribution is 2.28. The number of nitrogens with two attached hydrogens (primary N) is 1. The second-order valence-electron chi connectivity index (χ2n) is 4.21. The van der Waals surface area contributed by atoms with Gasteiger partial charge in [0.1, 0.15) is 0 Å². The molecule has 0 bridgehead atoms. The molecule has 16 heavy (non-hydrogen) atoms. The van der Waals surface area contributed by atoms with Gasteiger partial charge in [-0.1, -0.05) is 22.0 Å². The summed E-state index contributed by atoms with van der Waals surface area (Å²) in [6.45, 7) is 2.89. The van der Waals surface area contributed by atoms with Gasteiger partial charge in [0.15, 0.2) is 0 Å². The fourth-order valence-electron chi connectivity index (χ4n) is 1.97. The minimum absolute atomic E-state index is 0.0449. The van der Waals surface area contributed by atoms with Crippen LogP contribution in [-0.2, 0) is 4.74 Å². The van der Waals surface area contributed by atoms with E-state index in [1.165, 1.54) is 11.1 Å². The number of hydrogen-bond acceptors (Lipinski definition) is 2. The predicted octanol–water partition coefficient (Wildman–Crippen LogP) is 3.45. The molecular weight excluding hydrogens is 266 g/mol. The quantitative estimate of drug-likeness (QED) is 0.901. The monoisotopic (exact) mass is 281 g/mol. The minimum Gasteiger partial charge on any atom is -0.501 e. The highest BCUT2D eigenvalue weighted by atomic mass is 79.9. The van der Waals surface area contributed by atoms with E-state index in [1.54, 1.807) is 0 Å². The Labute approximate surface area is 105 Å². The van der Waals surface area contributed by atoms with E-state index in [2.05, 4.69) is 41.1 Å². The second-order valence-corrected chi connectivity index (χ2v) is 5.12. The number of benzene rings is 1. The summed E-state index contributed by atoms with van der Waals surface area (Å²) in [6, 6.07) is 6.25. The first-order chi connectivity index (χ1) is 7.66. The maximum absolute atomic E-state index is 6.24. The van der Waals surface area contributed by atoms with Crippen LogP contribution in [0.15, 0.2) is 34.5 Å². The van der Waals surface area contributed by atoms with E-state index in [4.69, 9.17) is 10.5 Å². The van der Waals surface area contributed by atoms with E-state index in [0.717, 1.165) is 29.5 Å². The fraction of sp³-hybridized carbons (Fsp3) is 0.385. The summed E-state index contributed by atoms with van der Waals surface area (Å²) >= 11 is 3.50. The molecule has 0 spiro atoms. The average Bonchev–Trinajstić information content (AvgIpc) is 2.28. The summed E-state index contributed by atoms with van der Waals surface area (Å²) < 4.78 is 6.41. The van der Waals surface area contributed by atoms with Crippen LogP contribution in [0.25, 0.3) is 0 Å². The largest absolute Gasteiger partial charge is 0.501 e. The van der Waals surface area contributed by atoms with Crippen molar-refractivity contribution in [3.8, 4) is 0 Å². The second kappa shape index (κ2) is 5.02. The zero-order valence-corrected chi connectivity index (χ0v) is 11.0. The van der Waals surface area contributed by atoms with Crippen LogP contribution in [0.2, 0.25) is 0 Å². The minimum atomic E-state index is -0.0449. The Bertz CT molecular complexity index is 394. The van der Waals surface area contributed by atoms with Gasteiger partial charge in [-0.05, 0) is 48.6 Å². The van der Waals surface area contributed by atoms with Crippen molar-refractivity contribution in [3.63, 3.8) is 0 Å². The summed E-state index contributed by atoms with van der Waals surface area (Å²) in [5.41, 5.74) is 9.78. The summed E-state index contributed by atoms with van der Waals surface area (Å²) in [7, 11) is 0. The van der Waals surface area contributed by atoms with Crippen molar-refractivity contribution in [1.82, 2.24) is 0 Å². The molecule has 0 saturated heterocycles. The number of halogens is 1. The van der Waals surface area contributed by atoms with Gasteiger partial charge in [-0.25, -0.2) is 0 Å². The molecule has 0 amide bonds. The van der Waals surface area contributed by atoms with Gasteiger partial charge in [0.05, 0.1) is 18.9 Å². The lowest BCUT2D eigenvalue weighted by Crippen LogP contribution is -2.16. The molecule has 1 aromatic carbocycles. The third kappa shape index (κ3) is 2.66. The Kier molecular flexibility index (Phi) is 3.66. The van der Waals surface area contributed by atoms with Crippen molar-refractivity contribution in [2.45, 2.75) is 25.8 Å². The van der Waals surface area contributed by atoms with Gasteiger partial charge in [0.25, 0.3) is 0 Å². The lowest BCUT2D eigenvalue weighted by molar-refractivity contribution is 0.221. The number of rotatable bonds is 2. The molecule has 1 heterocycles. The molecule has 0 aromatic heterocycles. The van der Waals surface area contributed by atoms with Crippen LogP contribution in [0.4, 0.5) is 0 Å². The highest BCUT2D eigenvalue weighted by Gasteiger charge is 2.15. The van der Waals surface area contributed by atoms with Crippen molar-refractivity contribution in [2.75, 3.05) is 6.61 Å². The molecule has 86 valence electrons. The summed E-state index contributed by atoms with van der Waals surface area (Å²) in [6.07, 6.45) is 3.92. The van der Waals surface area contributed by atoms with Crippen LogP contribution < -0.4 is 5.73 Å². The molecule has 3 heteroatoms. The van der Waals surface area contributed by atoms with Gasteiger partial charge in [-0.3, -0.25) is 0 Å². The van der Waals surface area contributed by atoms with E-state index >= 15 is 0 Å². The topological polar surface area (TPSA) is 35.2 Å². The zero-order chi connectivity index (χ0) is 11.5. The molecule has 1 unspecified atom stereocenters. The normalized spacial score (nSPS) is 17.6. The molecule has 1 aromatic rings. The van der Waals surface area contributed by atoms with Crippen molar-refractivity contribution in [1.29, 1.82) is 0 Å². The summed E-state index contributed by atoms with van der Waals surface area (Å²) in [5.74, 6) is 0. The van der Waals surface area contributed by atoms with Gasteiger partial charge in [0, 0.05) is 4.47 Å². The molecule has 0 fully saturated rings. The Balaban J connectivity index is 2.25. The molecule has 1 aliphatic heterocycles. The summed E-state index contributed by atoms with van der Waals surface area (Å²) in [4.78, 5) is 0. The standard InChI is InChI=1S/C13H16BrNO/c1-9-5-11(7-12(14)6-9)13(15)10-3-2-4-16-8-10/h5-8,13H,2-4,15H2,1H3. The Morgan fingerprint density at radius 3 is 2.81 bits per heavy atom. The first kappa shape index (κ1) is 11.7. The van der Waals surface area contributed by atoms with Crippen LogP contribution in [-0.4, -0.2) is 6.61 Å². The van der Waals surface area contributed by atoms with Crippen LogP contribution in [0, 0.1) is 6.92 Å². The zero-order valence-electron chi connectivity index (χ0n) is 9.37. The van der Waals surface area contributed by atoms with Crippen LogP contribution >= 0.6 is 15.9 Å². The van der Waals surface area contributed by atoms with E-state index < -0.39 is 0 Å². The first-order valence-corrected chi connectivity index (χ1v) is 6.29.